The van der Waals surface area contributed by atoms with E-state index in [9.17, 15) is 9.59 Å². The molecule has 0 unspecified atom stereocenters. The van der Waals surface area contributed by atoms with E-state index in [-0.39, 0.29) is 11.9 Å². The summed E-state index contributed by atoms with van der Waals surface area (Å²) in [5, 5.41) is 0. The van der Waals surface area contributed by atoms with Crippen LogP contribution in [0.25, 0.3) is 0 Å². The number of hydrogen-bond donors (Lipinski definition) is 0. The van der Waals surface area contributed by atoms with Crippen molar-refractivity contribution in [2.75, 3.05) is 18.6 Å². The minimum Gasteiger partial charge on any atom is -0.493 e. The summed E-state index contributed by atoms with van der Waals surface area (Å²) in [6.07, 6.45) is -0.119. The molecule has 0 saturated heterocycles. The zero-order chi connectivity index (χ0) is 21.8. The average molecular weight is 411 g/mol. The predicted octanol–water partition coefficient (Wildman–Crippen LogP) is 4.25. The summed E-state index contributed by atoms with van der Waals surface area (Å²) < 4.78 is 16.6. The maximum Gasteiger partial charge on any atom is 0.339 e. The Hall–Kier alpha value is -3.02. The van der Waals surface area contributed by atoms with Crippen LogP contribution in [-0.4, -0.2) is 37.7 Å². The van der Waals surface area contributed by atoms with Gasteiger partial charge in [-0.3, -0.25) is 4.79 Å². The highest BCUT2D eigenvalue weighted by molar-refractivity contribution is 6.01. The largest absolute Gasteiger partial charge is 0.493 e. The van der Waals surface area contributed by atoms with E-state index in [1.807, 2.05) is 31.2 Å². The Labute approximate surface area is 177 Å². The van der Waals surface area contributed by atoms with E-state index in [2.05, 4.69) is 13.8 Å². The third kappa shape index (κ3) is 4.58. The minimum absolute atomic E-state index is 0.0218. The molecule has 1 aliphatic rings. The van der Waals surface area contributed by atoms with Gasteiger partial charge in [-0.25, -0.2) is 4.79 Å². The number of carbonyl (C=O) groups is 2. The molecule has 1 aliphatic heterocycles. The van der Waals surface area contributed by atoms with Gasteiger partial charge in [0.2, 0.25) is 0 Å². The third-order valence-corrected chi connectivity index (χ3v) is 5.05. The van der Waals surface area contributed by atoms with Crippen molar-refractivity contribution in [1.82, 2.24) is 0 Å². The van der Waals surface area contributed by atoms with Crippen LogP contribution in [0.3, 0.4) is 0 Å². The molecule has 0 radical (unpaired) electrons. The van der Waals surface area contributed by atoms with Crippen LogP contribution in [-0.2, 0) is 16.0 Å². The van der Waals surface area contributed by atoms with Crippen molar-refractivity contribution in [3.05, 3.63) is 53.6 Å². The monoisotopic (exact) mass is 411 g/mol. The maximum absolute atomic E-state index is 13.0. The van der Waals surface area contributed by atoms with Crippen LogP contribution in [0.5, 0.6) is 11.5 Å². The second-order valence-corrected chi connectivity index (χ2v) is 8.01. The number of anilines is 1. The van der Waals surface area contributed by atoms with E-state index < -0.39 is 12.1 Å². The summed E-state index contributed by atoms with van der Waals surface area (Å²) >= 11 is 0. The molecule has 2 atom stereocenters. The van der Waals surface area contributed by atoms with Gasteiger partial charge in [-0.05, 0) is 56.0 Å². The number of carbonyl (C=O) groups excluding carboxylic acids is 2. The molecule has 0 aromatic heterocycles. The van der Waals surface area contributed by atoms with E-state index >= 15 is 0 Å². The van der Waals surface area contributed by atoms with Crippen LogP contribution in [0.2, 0.25) is 0 Å². The molecule has 0 spiro atoms. The van der Waals surface area contributed by atoms with Gasteiger partial charge in [0.15, 0.2) is 17.6 Å². The molecule has 0 saturated carbocycles. The van der Waals surface area contributed by atoms with Crippen molar-refractivity contribution < 1.29 is 23.8 Å². The molecule has 1 amide bonds. The highest BCUT2D eigenvalue weighted by atomic mass is 16.5. The number of hydrogen-bond acceptors (Lipinski definition) is 5. The zero-order valence-electron chi connectivity index (χ0n) is 18.2. The number of para-hydroxylation sites is 1. The molecule has 6 nitrogen and oxygen atoms in total. The van der Waals surface area contributed by atoms with Crippen LogP contribution in [0.1, 0.15) is 43.6 Å². The van der Waals surface area contributed by atoms with Gasteiger partial charge >= 0.3 is 5.97 Å². The molecule has 30 heavy (non-hydrogen) atoms. The Balaban J connectivity index is 1.70. The Morgan fingerprint density at radius 1 is 1.10 bits per heavy atom. The van der Waals surface area contributed by atoms with Gasteiger partial charge in [0, 0.05) is 11.7 Å². The van der Waals surface area contributed by atoms with Crippen molar-refractivity contribution in [3.8, 4) is 11.5 Å². The van der Waals surface area contributed by atoms with Gasteiger partial charge in [-0.15, -0.1) is 0 Å². The van der Waals surface area contributed by atoms with E-state index in [4.69, 9.17) is 14.2 Å². The lowest BCUT2D eigenvalue weighted by Crippen LogP contribution is -2.43. The lowest BCUT2D eigenvalue weighted by Gasteiger charge is -2.26. The summed E-state index contributed by atoms with van der Waals surface area (Å²) in [5.41, 5.74) is 2.31. The number of methoxy groups -OCH3 is 1. The molecule has 3 rings (SSSR count). The highest BCUT2D eigenvalue weighted by Gasteiger charge is 2.34. The fourth-order valence-electron chi connectivity index (χ4n) is 3.55. The first-order valence-corrected chi connectivity index (χ1v) is 10.2. The van der Waals surface area contributed by atoms with E-state index in [1.165, 1.54) is 7.11 Å². The van der Waals surface area contributed by atoms with E-state index in [1.54, 1.807) is 30.0 Å². The standard InChI is InChI=1S/C24H29NO5/c1-15(2)14-29-21-11-10-19(13-22(21)28-5)24(27)30-17(4)23(26)25-16(3)12-18-8-6-7-9-20(18)25/h6-11,13,15-17H,12,14H2,1-5H3/t16-,17+/m0/s1. The second kappa shape index (κ2) is 9.20. The fourth-order valence-corrected chi connectivity index (χ4v) is 3.55. The van der Waals surface area contributed by atoms with Gasteiger partial charge in [0.1, 0.15) is 0 Å². The quantitative estimate of drug-likeness (QED) is 0.637. The molecule has 6 heteroatoms. The van der Waals surface area contributed by atoms with Crippen LogP contribution in [0.15, 0.2) is 42.5 Å². The number of fused-ring (bicyclic) bond motifs is 1. The highest BCUT2D eigenvalue weighted by Crippen LogP contribution is 2.33. The molecule has 0 fully saturated rings. The number of rotatable bonds is 7. The molecule has 0 N–H and O–H groups in total. The number of benzene rings is 2. The van der Waals surface area contributed by atoms with Gasteiger partial charge in [-0.2, -0.15) is 0 Å². The topological polar surface area (TPSA) is 65.1 Å². The normalized spacial score (nSPS) is 16.2. The minimum atomic E-state index is -0.908. The lowest BCUT2D eigenvalue weighted by atomic mass is 10.1. The Bertz CT molecular complexity index is 924. The van der Waals surface area contributed by atoms with Crippen LogP contribution in [0, 0.1) is 5.92 Å². The Morgan fingerprint density at radius 2 is 1.83 bits per heavy atom. The Kier molecular flexibility index (Phi) is 6.65. The Morgan fingerprint density at radius 3 is 2.53 bits per heavy atom. The summed E-state index contributed by atoms with van der Waals surface area (Å²) in [5.74, 6) is 0.569. The molecule has 2 aromatic carbocycles. The first-order valence-electron chi connectivity index (χ1n) is 10.2. The van der Waals surface area contributed by atoms with Crippen LogP contribution in [0.4, 0.5) is 5.69 Å². The van der Waals surface area contributed by atoms with Gasteiger partial charge in [0.25, 0.3) is 5.91 Å². The van der Waals surface area contributed by atoms with Crippen molar-refractivity contribution in [1.29, 1.82) is 0 Å². The molecule has 1 heterocycles. The van der Waals surface area contributed by atoms with Gasteiger partial charge < -0.3 is 19.1 Å². The summed E-state index contributed by atoms with van der Waals surface area (Å²) in [7, 11) is 1.52. The number of ether oxygens (including phenoxy) is 3. The van der Waals surface area contributed by atoms with Crippen molar-refractivity contribution >= 4 is 17.6 Å². The van der Waals surface area contributed by atoms with Crippen LogP contribution >= 0.6 is 0 Å². The summed E-state index contributed by atoms with van der Waals surface area (Å²) in [4.78, 5) is 27.4. The molecular weight excluding hydrogens is 382 g/mol. The SMILES string of the molecule is COc1cc(C(=O)O[C@H](C)C(=O)N2c3ccccc3C[C@@H]2C)ccc1OCC(C)C. The van der Waals surface area contributed by atoms with E-state index in [0.29, 0.717) is 29.6 Å². The summed E-state index contributed by atoms with van der Waals surface area (Å²) in [6.45, 7) is 8.24. The van der Waals surface area contributed by atoms with Gasteiger partial charge in [-0.1, -0.05) is 32.0 Å². The first-order chi connectivity index (χ1) is 14.3. The molecule has 2 aromatic rings. The molecular formula is C24H29NO5. The predicted molar refractivity (Wildman–Crippen MR) is 115 cm³/mol. The van der Waals surface area contributed by atoms with E-state index in [0.717, 1.165) is 17.7 Å². The number of amides is 1. The summed E-state index contributed by atoms with van der Waals surface area (Å²) in [6, 6.07) is 12.7. The fraction of sp³-hybridized carbons (Fsp3) is 0.417. The maximum atomic E-state index is 13.0. The van der Waals surface area contributed by atoms with Gasteiger partial charge in [0.05, 0.1) is 19.3 Å². The van der Waals surface area contributed by atoms with Crippen LogP contribution < -0.4 is 14.4 Å². The van der Waals surface area contributed by atoms with Crippen molar-refractivity contribution in [2.45, 2.75) is 46.3 Å². The third-order valence-electron chi connectivity index (χ3n) is 5.05. The van der Waals surface area contributed by atoms with Crippen molar-refractivity contribution in [3.63, 3.8) is 0 Å². The second-order valence-electron chi connectivity index (χ2n) is 8.01. The average Bonchev–Trinajstić information content (AvgIpc) is 3.06. The first kappa shape index (κ1) is 21.7. The zero-order valence-corrected chi connectivity index (χ0v) is 18.2. The smallest absolute Gasteiger partial charge is 0.339 e. The molecule has 0 bridgehead atoms. The lowest BCUT2D eigenvalue weighted by molar-refractivity contribution is -0.126. The molecule has 160 valence electrons. The molecule has 0 aliphatic carbocycles. The number of esters is 1. The van der Waals surface area contributed by atoms with Crippen molar-refractivity contribution in [2.24, 2.45) is 5.92 Å². The number of nitrogens with zero attached hydrogens (tertiary/aromatic N) is 1.